The summed E-state index contributed by atoms with van der Waals surface area (Å²) in [5, 5.41) is 0. The molecule has 1 aromatic rings. The lowest BCUT2D eigenvalue weighted by atomic mass is 10.2. The topological polar surface area (TPSA) is 9.23 Å². The standard InChI is InChI=1S/C10H9ClF2O/c1-14-7-5-9(12)8(3-2-4-11)10(13)6-7/h2-3,5-6H,4H2,1H3. The molecule has 76 valence electrons. The van der Waals surface area contributed by atoms with Gasteiger partial charge in [0, 0.05) is 23.6 Å². The van der Waals surface area contributed by atoms with Crippen LogP contribution >= 0.6 is 11.6 Å². The SMILES string of the molecule is COc1cc(F)c(C=CCCl)c(F)c1. The number of halogens is 3. The molecule has 0 aliphatic rings. The first kappa shape index (κ1) is 11.0. The highest BCUT2D eigenvalue weighted by atomic mass is 35.5. The Hall–Kier alpha value is -1.09. The fourth-order valence-electron chi connectivity index (χ4n) is 1.00. The van der Waals surface area contributed by atoms with Gasteiger partial charge in [-0.15, -0.1) is 11.6 Å². The Labute approximate surface area is 85.9 Å². The van der Waals surface area contributed by atoms with Crippen LogP contribution in [0.3, 0.4) is 0 Å². The van der Waals surface area contributed by atoms with Crippen molar-refractivity contribution >= 4 is 17.7 Å². The summed E-state index contributed by atoms with van der Waals surface area (Å²) in [5.41, 5.74) is -0.105. The van der Waals surface area contributed by atoms with Crippen molar-refractivity contribution in [1.82, 2.24) is 0 Å². The molecule has 0 radical (unpaired) electrons. The molecule has 0 saturated heterocycles. The first-order chi connectivity index (χ1) is 6.69. The van der Waals surface area contributed by atoms with Gasteiger partial charge < -0.3 is 4.74 Å². The average Bonchev–Trinajstić information content (AvgIpc) is 2.16. The lowest BCUT2D eigenvalue weighted by Gasteiger charge is -2.03. The highest BCUT2D eigenvalue weighted by Gasteiger charge is 2.08. The van der Waals surface area contributed by atoms with Gasteiger partial charge in [-0.1, -0.05) is 12.2 Å². The summed E-state index contributed by atoms with van der Waals surface area (Å²) < 4.78 is 31.1. The third-order valence-electron chi connectivity index (χ3n) is 1.66. The molecule has 4 heteroatoms. The molecule has 0 bridgehead atoms. The van der Waals surface area contributed by atoms with Crippen molar-refractivity contribution in [1.29, 1.82) is 0 Å². The highest BCUT2D eigenvalue weighted by Crippen LogP contribution is 2.21. The van der Waals surface area contributed by atoms with Crippen LogP contribution in [-0.4, -0.2) is 13.0 Å². The quantitative estimate of drug-likeness (QED) is 0.708. The maximum Gasteiger partial charge on any atom is 0.137 e. The number of alkyl halides is 1. The maximum atomic E-state index is 13.2. The second kappa shape index (κ2) is 4.96. The second-order valence-electron chi connectivity index (χ2n) is 2.56. The summed E-state index contributed by atoms with van der Waals surface area (Å²) in [6.07, 6.45) is 2.77. The maximum absolute atomic E-state index is 13.2. The van der Waals surface area contributed by atoms with Crippen LogP contribution < -0.4 is 4.74 Å². The first-order valence-corrected chi connectivity index (χ1v) is 4.48. The van der Waals surface area contributed by atoms with Crippen molar-refractivity contribution in [2.24, 2.45) is 0 Å². The Bertz CT molecular complexity index is 327. The first-order valence-electron chi connectivity index (χ1n) is 3.94. The van der Waals surface area contributed by atoms with Crippen LogP contribution in [-0.2, 0) is 0 Å². The van der Waals surface area contributed by atoms with E-state index in [0.717, 1.165) is 12.1 Å². The monoisotopic (exact) mass is 218 g/mol. The Morgan fingerprint density at radius 1 is 1.36 bits per heavy atom. The molecule has 1 rings (SSSR count). The predicted molar refractivity (Wildman–Crippen MR) is 52.7 cm³/mol. The molecule has 1 nitrogen and oxygen atoms in total. The molecule has 1 aromatic carbocycles. The van der Waals surface area contributed by atoms with Gasteiger partial charge in [0.15, 0.2) is 0 Å². The van der Waals surface area contributed by atoms with Crippen LogP contribution in [0.2, 0.25) is 0 Å². The Kier molecular flexibility index (Phi) is 3.89. The highest BCUT2D eigenvalue weighted by molar-refractivity contribution is 6.19. The Morgan fingerprint density at radius 3 is 2.36 bits per heavy atom. The van der Waals surface area contributed by atoms with E-state index in [4.69, 9.17) is 16.3 Å². The molecule has 0 aliphatic heterocycles. The van der Waals surface area contributed by atoms with E-state index in [0.29, 0.717) is 0 Å². The number of benzene rings is 1. The van der Waals surface area contributed by atoms with Gasteiger partial charge in [0.05, 0.1) is 7.11 Å². The summed E-state index contributed by atoms with van der Waals surface area (Å²) in [7, 11) is 1.35. The van der Waals surface area contributed by atoms with E-state index in [1.807, 2.05) is 0 Å². The summed E-state index contributed by atoms with van der Waals surface area (Å²) in [4.78, 5) is 0. The zero-order valence-corrected chi connectivity index (χ0v) is 8.31. The fourth-order valence-corrected chi connectivity index (χ4v) is 1.09. The van der Waals surface area contributed by atoms with Crippen LogP contribution in [0.1, 0.15) is 5.56 Å². The van der Waals surface area contributed by atoms with E-state index >= 15 is 0 Å². The van der Waals surface area contributed by atoms with Crippen molar-refractivity contribution in [2.75, 3.05) is 13.0 Å². The molecule has 0 fully saturated rings. The van der Waals surface area contributed by atoms with E-state index in [2.05, 4.69) is 0 Å². The summed E-state index contributed by atoms with van der Waals surface area (Å²) >= 11 is 5.36. The molecule has 0 amide bonds. The van der Waals surface area contributed by atoms with E-state index in [9.17, 15) is 8.78 Å². The zero-order chi connectivity index (χ0) is 10.6. The van der Waals surface area contributed by atoms with Crippen LogP contribution in [0.15, 0.2) is 18.2 Å². The molecule has 0 aromatic heterocycles. The van der Waals surface area contributed by atoms with Crippen LogP contribution in [0.5, 0.6) is 5.75 Å². The number of rotatable bonds is 3. The smallest absolute Gasteiger partial charge is 0.137 e. The third-order valence-corrected chi connectivity index (χ3v) is 1.84. The molecule has 0 saturated carbocycles. The summed E-state index contributed by atoms with van der Waals surface area (Å²) in [6.45, 7) is 0. The number of ether oxygens (including phenoxy) is 1. The minimum absolute atomic E-state index is 0.105. The van der Waals surface area contributed by atoms with Crippen molar-refractivity contribution in [3.8, 4) is 5.75 Å². The zero-order valence-electron chi connectivity index (χ0n) is 7.56. The van der Waals surface area contributed by atoms with Gasteiger partial charge in [-0.05, 0) is 0 Å². The van der Waals surface area contributed by atoms with Gasteiger partial charge in [-0.3, -0.25) is 0 Å². The van der Waals surface area contributed by atoms with Gasteiger partial charge >= 0.3 is 0 Å². The predicted octanol–water partition coefficient (Wildman–Crippen LogP) is 3.23. The summed E-state index contributed by atoms with van der Waals surface area (Å²) in [5.74, 6) is -0.959. The molecular weight excluding hydrogens is 210 g/mol. The molecule has 0 atom stereocenters. The van der Waals surface area contributed by atoms with Gasteiger partial charge in [0.1, 0.15) is 17.4 Å². The minimum atomic E-state index is -0.664. The third kappa shape index (κ3) is 2.45. The lowest BCUT2D eigenvalue weighted by Crippen LogP contribution is -1.92. The normalized spacial score (nSPS) is 10.9. The second-order valence-corrected chi connectivity index (χ2v) is 2.87. The van der Waals surface area contributed by atoms with Gasteiger partial charge in [-0.25, -0.2) is 8.78 Å². The molecule has 0 aliphatic carbocycles. The van der Waals surface area contributed by atoms with Crippen LogP contribution in [0.4, 0.5) is 8.78 Å². The van der Waals surface area contributed by atoms with Crippen LogP contribution in [0.25, 0.3) is 6.08 Å². The number of methoxy groups -OCH3 is 1. The van der Waals surface area contributed by atoms with Crippen molar-refractivity contribution in [3.05, 3.63) is 35.4 Å². The summed E-state index contributed by atoms with van der Waals surface area (Å²) in [6, 6.07) is 2.24. The van der Waals surface area contributed by atoms with Crippen molar-refractivity contribution in [2.45, 2.75) is 0 Å². The van der Waals surface area contributed by atoms with Gasteiger partial charge in [-0.2, -0.15) is 0 Å². The Balaban J connectivity index is 3.11. The fraction of sp³-hybridized carbons (Fsp3) is 0.200. The largest absolute Gasteiger partial charge is 0.497 e. The number of hydrogen-bond donors (Lipinski definition) is 0. The average molecular weight is 219 g/mol. The molecule has 0 heterocycles. The molecule has 14 heavy (non-hydrogen) atoms. The van der Waals surface area contributed by atoms with E-state index in [1.165, 1.54) is 19.3 Å². The minimum Gasteiger partial charge on any atom is -0.497 e. The lowest BCUT2D eigenvalue weighted by molar-refractivity contribution is 0.406. The van der Waals surface area contributed by atoms with E-state index in [-0.39, 0.29) is 17.2 Å². The molecule has 0 spiro atoms. The van der Waals surface area contributed by atoms with Crippen molar-refractivity contribution in [3.63, 3.8) is 0 Å². The number of allylic oxidation sites excluding steroid dienone is 1. The van der Waals surface area contributed by atoms with E-state index < -0.39 is 11.6 Å². The van der Waals surface area contributed by atoms with Gasteiger partial charge in [0.25, 0.3) is 0 Å². The molecule has 0 unspecified atom stereocenters. The molecular formula is C10H9ClF2O. The van der Waals surface area contributed by atoms with Crippen molar-refractivity contribution < 1.29 is 13.5 Å². The van der Waals surface area contributed by atoms with Gasteiger partial charge in [0.2, 0.25) is 0 Å². The van der Waals surface area contributed by atoms with E-state index in [1.54, 1.807) is 0 Å². The van der Waals surface area contributed by atoms with Crippen LogP contribution in [0, 0.1) is 11.6 Å². The Morgan fingerprint density at radius 2 is 1.93 bits per heavy atom. The number of hydrogen-bond acceptors (Lipinski definition) is 1. The molecule has 0 N–H and O–H groups in total.